The molecule has 2 fully saturated rings. The van der Waals surface area contributed by atoms with Crippen molar-refractivity contribution in [3.63, 3.8) is 0 Å². The zero-order chi connectivity index (χ0) is 15.9. The van der Waals surface area contributed by atoms with Crippen molar-refractivity contribution in [3.8, 4) is 0 Å². The molecular weight excluding hydrogens is 296 g/mol. The number of carbonyl (C=O) groups excluding carboxylic acids is 1. The maximum Gasteiger partial charge on any atom is 0.237 e. The van der Waals surface area contributed by atoms with Gasteiger partial charge in [-0.1, -0.05) is 0 Å². The van der Waals surface area contributed by atoms with Crippen LogP contribution in [0.25, 0.3) is 0 Å². The van der Waals surface area contributed by atoms with Gasteiger partial charge in [-0.2, -0.15) is 0 Å². The van der Waals surface area contributed by atoms with E-state index in [1.807, 2.05) is 0 Å². The second-order valence-corrected chi connectivity index (χ2v) is 7.85. The second-order valence-electron chi connectivity index (χ2n) is 6.79. The highest BCUT2D eigenvalue weighted by atomic mass is 32.1. The molecule has 0 spiro atoms. The largest absolute Gasteiger partial charge is 0.358 e. The van der Waals surface area contributed by atoms with Crippen LogP contribution in [-0.4, -0.2) is 59.0 Å². The molecular formula is C16H26N4OS. The molecule has 0 saturated carbocycles. The van der Waals surface area contributed by atoms with Gasteiger partial charge >= 0.3 is 0 Å². The summed E-state index contributed by atoms with van der Waals surface area (Å²) in [5, 5.41) is 6.13. The minimum Gasteiger partial charge on any atom is -0.358 e. The van der Waals surface area contributed by atoms with Gasteiger partial charge in [-0.15, -0.1) is 11.3 Å². The number of rotatable bonds is 4. The number of likely N-dealkylation sites (N-methyl/N-ethyl adjacent to an activating group) is 1. The summed E-state index contributed by atoms with van der Waals surface area (Å²) in [5.74, 6) is 0.772. The number of likely N-dealkylation sites (tertiary alicyclic amines) is 2. The van der Waals surface area contributed by atoms with E-state index in [1.54, 1.807) is 18.4 Å². The quantitative estimate of drug-likeness (QED) is 0.912. The van der Waals surface area contributed by atoms with E-state index in [1.165, 1.54) is 5.69 Å². The van der Waals surface area contributed by atoms with Crippen molar-refractivity contribution >= 4 is 17.2 Å². The number of fused-ring (bicyclic) bond motifs is 1. The third-order valence-electron chi connectivity index (χ3n) is 4.95. The highest BCUT2D eigenvalue weighted by molar-refractivity contribution is 7.09. The zero-order valence-electron chi connectivity index (χ0n) is 13.9. The summed E-state index contributed by atoms with van der Waals surface area (Å²) in [7, 11) is 1.74. The van der Waals surface area contributed by atoms with Crippen molar-refractivity contribution in [1.29, 1.82) is 0 Å². The average molecular weight is 322 g/mol. The smallest absolute Gasteiger partial charge is 0.237 e. The summed E-state index contributed by atoms with van der Waals surface area (Å²) in [6.07, 6.45) is 0.981. The highest BCUT2D eigenvalue weighted by Gasteiger charge is 2.49. The molecule has 1 amide bonds. The minimum atomic E-state index is 0.0451. The molecule has 0 unspecified atom stereocenters. The van der Waals surface area contributed by atoms with Crippen LogP contribution in [0.4, 0.5) is 0 Å². The summed E-state index contributed by atoms with van der Waals surface area (Å²) < 4.78 is 0. The molecule has 2 aliphatic rings. The minimum absolute atomic E-state index is 0.0451. The maximum absolute atomic E-state index is 12.2. The first kappa shape index (κ1) is 15.9. The first-order chi connectivity index (χ1) is 10.5. The van der Waals surface area contributed by atoms with E-state index in [0.717, 1.165) is 31.1 Å². The highest BCUT2D eigenvalue weighted by Crippen LogP contribution is 2.37. The number of thiazole rings is 1. The van der Waals surface area contributed by atoms with Gasteiger partial charge in [-0.05, 0) is 33.1 Å². The van der Waals surface area contributed by atoms with Gasteiger partial charge in [0.05, 0.1) is 16.7 Å². The molecule has 2 aliphatic heterocycles. The van der Waals surface area contributed by atoms with Gasteiger partial charge in [-0.3, -0.25) is 14.6 Å². The zero-order valence-corrected chi connectivity index (χ0v) is 14.7. The molecule has 6 heteroatoms. The first-order valence-electron chi connectivity index (χ1n) is 8.12. The Hall–Kier alpha value is -0.980. The molecule has 0 aromatic carbocycles. The van der Waals surface area contributed by atoms with Crippen LogP contribution < -0.4 is 5.32 Å². The van der Waals surface area contributed by atoms with Crippen LogP contribution in [-0.2, 0) is 11.3 Å². The third kappa shape index (κ3) is 2.92. The number of nitrogens with one attached hydrogen (secondary N) is 1. The number of hydrogen-bond donors (Lipinski definition) is 1. The van der Waals surface area contributed by atoms with Gasteiger partial charge in [0, 0.05) is 44.1 Å². The fraction of sp³-hybridized carbons (Fsp3) is 0.750. The second kappa shape index (κ2) is 6.26. The molecule has 122 valence electrons. The Morgan fingerprint density at radius 3 is 2.86 bits per heavy atom. The van der Waals surface area contributed by atoms with Gasteiger partial charge in [0.25, 0.3) is 0 Å². The van der Waals surface area contributed by atoms with Gasteiger partial charge in [0.15, 0.2) is 0 Å². The molecule has 1 N–H and O–H groups in total. The summed E-state index contributed by atoms with van der Waals surface area (Å²) in [4.78, 5) is 21.7. The first-order valence-corrected chi connectivity index (χ1v) is 9.00. The number of aromatic nitrogens is 1. The lowest BCUT2D eigenvalue weighted by Crippen LogP contribution is -2.50. The maximum atomic E-state index is 12.2. The Morgan fingerprint density at radius 1 is 1.50 bits per heavy atom. The average Bonchev–Trinajstić information content (AvgIpc) is 3.11. The molecule has 22 heavy (non-hydrogen) atoms. The molecule has 0 radical (unpaired) electrons. The lowest BCUT2D eigenvalue weighted by Gasteiger charge is -2.33. The summed E-state index contributed by atoms with van der Waals surface area (Å²) in [5.41, 5.74) is 1.18. The van der Waals surface area contributed by atoms with E-state index in [-0.39, 0.29) is 11.9 Å². The van der Waals surface area contributed by atoms with Crippen LogP contribution in [0, 0.1) is 12.8 Å². The fourth-order valence-electron chi connectivity index (χ4n) is 4.14. The van der Waals surface area contributed by atoms with E-state index in [9.17, 15) is 4.79 Å². The van der Waals surface area contributed by atoms with Gasteiger partial charge in [-0.25, -0.2) is 4.98 Å². The third-order valence-corrected chi connectivity index (χ3v) is 5.77. The Kier molecular flexibility index (Phi) is 4.52. The Balaban J connectivity index is 1.68. The predicted octanol–water partition coefficient (Wildman–Crippen LogP) is 1.48. The molecule has 5 nitrogen and oxygen atoms in total. The van der Waals surface area contributed by atoms with Gasteiger partial charge in [0.1, 0.15) is 0 Å². The number of nitrogens with zero attached hydrogens (tertiary/aromatic N) is 3. The van der Waals surface area contributed by atoms with Crippen molar-refractivity contribution in [2.75, 3.05) is 20.1 Å². The Labute approximate surface area is 136 Å². The standard InChI is InChI=1S/C16H26N4OS/c1-10(2)20-14(16(21)17-4)5-12-6-19(8-15(12)20)7-13-9-22-11(3)18-13/h9-10,12,14-15H,5-8H2,1-4H3,(H,17,21)/t12-,14-,15+/m0/s1. The Morgan fingerprint density at radius 2 is 2.27 bits per heavy atom. The monoisotopic (exact) mass is 322 g/mol. The lowest BCUT2D eigenvalue weighted by atomic mass is 10.0. The SMILES string of the molecule is CNC(=O)[C@@H]1C[C@H]2CN(Cc3csc(C)n3)C[C@H]2N1C(C)C. The molecule has 2 saturated heterocycles. The van der Waals surface area contributed by atoms with Crippen molar-refractivity contribution in [1.82, 2.24) is 20.1 Å². The summed E-state index contributed by atoms with van der Waals surface area (Å²) >= 11 is 1.72. The molecule has 0 bridgehead atoms. The number of aryl methyl sites for hydroxylation is 1. The molecule has 3 heterocycles. The van der Waals surface area contributed by atoms with Crippen LogP contribution in [0.1, 0.15) is 31.0 Å². The van der Waals surface area contributed by atoms with Crippen LogP contribution in [0.5, 0.6) is 0 Å². The van der Waals surface area contributed by atoms with Crippen molar-refractivity contribution in [2.24, 2.45) is 5.92 Å². The molecule has 0 aliphatic carbocycles. The van der Waals surface area contributed by atoms with Crippen molar-refractivity contribution in [3.05, 3.63) is 16.1 Å². The number of carbonyl (C=O) groups is 1. The molecule has 3 rings (SSSR count). The fourth-order valence-corrected chi connectivity index (χ4v) is 4.75. The predicted molar refractivity (Wildman–Crippen MR) is 88.9 cm³/mol. The van der Waals surface area contributed by atoms with Crippen LogP contribution >= 0.6 is 11.3 Å². The molecule has 3 atom stereocenters. The van der Waals surface area contributed by atoms with E-state index in [2.05, 4.69) is 46.3 Å². The van der Waals surface area contributed by atoms with Crippen LogP contribution in [0.15, 0.2) is 5.38 Å². The Bertz CT molecular complexity index is 544. The van der Waals surface area contributed by atoms with E-state index in [0.29, 0.717) is 18.0 Å². The van der Waals surface area contributed by atoms with Crippen LogP contribution in [0.2, 0.25) is 0 Å². The summed E-state index contributed by atoms with van der Waals surface area (Å²) in [6, 6.07) is 0.949. The molecule has 1 aromatic heterocycles. The van der Waals surface area contributed by atoms with Gasteiger partial charge < -0.3 is 5.32 Å². The molecule has 1 aromatic rings. The van der Waals surface area contributed by atoms with Gasteiger partial charge in [0.2, 0.25) is 5.91 Å². The van der Waals surface area contributed by atoms with E-state index in [4.69, 9.17) is 0 Å². The van der Waals surface area contributed by atoms with Crippen LogP contribution in [0.3, 0.4) is 0 Å². The summed E-state index contributed by atoms with van der Waals surface area (Å²) in [6.45, 7) is 9.52. The lowest BCUT2D eigenvalue weighted by molar-refractivity contribution is -0.126. The number of amides is 1. The normalized spacial score (nSPS) is 29.2. The van der Waals surface area contributed by atoms with Crippen molar-refractivity contribution < 1.29 is 4.79 Å². The number of hydrogen-bond acceptors (Lipinski definition) is 5. The topological polar surface area (TPSA) is 48.5 Å². The van der Waals surface area contributed by atoms with E-state index >= 15 is 0 Å². The van der Waals surface area contributed by atoms with E-state index < -0.39 is 0 Å². The van der Waals surface area contributed by atoms with Crippen molar-refractivity contribution in [2.45, 2.75) is 51.9 Å².